The predicted molar refractivity (Wildman–Crippen MR) is 101 cm³/mol. The van der Waals surface area contributed by atoms with E-state index in [-0.39, 0.29) is 23.2 Å². The smallest absolute Gasteiger partial charge is 0.246 e. The van der Waals surface area contributed by atoms with E-state index in [9.17, 15) is 14.4 Å². The van der Waals surface area contributed by atoms with Gasteiger partial charge in [0.25, 0.3) is 0 Å². The van der Waals surface area contributed by atoms with Gasteiger partial charge in [-0.1, -0.05) is 12.1 Å². The van der Waals surface area contributed by atoms with Crippen molar-refractivity contribution in [1.82, 2.24) is 9.97 Å². The minimum atomic E-state index is -0.653. The first kappa shape index (κ1) is 19.5. The number of halogens is 1. The number of rotatable bonds is 6. The fourth-order valence-electron chi connectivity index (χ4n) is 2.28. The molecule has 1 aromatic carbocycles. The third kappa shape index (κ3) is 4.21. The van der Waals surface area contributed by atoms with E-state index in [4.69, 9.17) is 5.73 Å². The molecule has 0 aliphatic carbocycles. The summed E-state index contributed by atoms with van der Waals surface area (Å²) in [6, 6.07) is 7.97. The number of anilines is 3. The molecule has 3 N–H and O–H groups in total. The number of aromatic nitrogens is 2. The highest BCUT2D eigenvalue weighted by atomic mass is 32.2. The zero-order chi connectivity index (χ0) is 19.3. The van der Waals surface area contributed by atoms with Crippen LogP contribution in [0.1, 0.15) is 18.1 Å². The number of nitriles is 1. The van der Waals surface area contributed by atoms with Crippen LogP contribution in [0, 0.1) is 11.3 Å². The zero-order valence-corrected chi connectivity index (χ0v) is 15.5. The number of nitrogens with one attached hydrogen (secondary N) is 1. The number of nitrogen functional groups attached to an aromatic ring is 1. The molecule has 0 aliphatic rings. The Bertz CT molecular complexity index is 854. The Morgan fingerprint density at radius 1 is 1.50 bits per heavy atom. The zero-order valence-electron chi connectivity index (χ0n) is 14.7. The SMILES string of the molecule is CSc1nc(N)nc(N(C)[C@@H](C)C(=O)Nc2cccc(CF)c2)c1C#N. The second-order valence-corrected chi connectivity index (χ2v) is 6.31. The molecular weight excluding hydrogens is 355 g/mol. The van der Waals surface area contributed by atoms with Crippen molar-refractivity contribution in [2.75, 3.05) is 29.3 Å². The summed E-state index contributed by atoms with van der Waals surface area (Å²) >= 11 is 1.28. The molecular formula is C17H19FN6OS. The van der Waals surface area contributed by atoms with Crippen molar-refractivity contribution in [3.63, 3.8) is 0 Å². The lowest BCUT2D eigenvalue weighted by Crippen LogP contribution is -2.40. The van der Waals surface area contributed by atoms with Gasteiger partial charge in [-0.25, -0.2) is 9.37 Å². The molecule has 26 heavy (non-hydrogen) atoms. The third-order valence-corrected chi connectivity index (χ3v) is 4.50. The molecule has 7 nitrogen and oxygen atoms in total. The number of amides is 1. The van der Waals surface area contributed by atoms with Crippen LogP contribution in [0.4, 0.5) is 21.8 Å². The molecule has 1 aromatic heterocycles. The molecule has 1 amide bonds. The van der Waals surface area contributed by atoms with Crippen LogP contribution < -0.4 is 16.0 Å². The van der Waals surface area contributed by atoms with E-state index in [1.165, 1.54) is 11.8 Å². The predicted octanol–water partition coefficient (Wildman–Crippen LogP) is 2.59. The fraction of sp³-hybridized carbons (Fsp3) is 0.294. The maximum absolute atomic E-state index is 12.8. The van der Waals surface area contributed by atoms with Crippen LogP contribution in [0.15, 0.2) is 29.3 Å². The number of benzene rings is 1. The second-order valence-electron chi connectivity index (χ2n) is 5.51. The Kier molecular flexibility index (Phi) is 6.36. The van der Waals surface area contributed by atoms with Gasteiger partial charge in [0.15, 0.2) is 5.82 Å². The number of carbonyl (C=O) groups is 1. The average molecular weight is 374 g/mol. The van der Waals surface area contributed by atoms with E-state index in [0.29, 0.717) is 16.3 Å². The summed E-state index contributed by atoms with van der Waals surface area (Å²) in [5, 5.41) is 12.6. The van der Waals surface area contributed by atoms with Crippen molar-refractivity contribution in [3.05, 3.63) is 35.4 Å². The summed E-state index contributed by atoms with van der Waals surface area (Å²) in [5.74, 6) is -0.0155. The monoisotopic (exact) mass is 374 g/mol. The van der Waals surface area contributed by atoms with Gasteiger partial charge in [0, 0.05) is 12.7 Å². The number of hydrogen-bond donors (Lipinski definition) is 2. The van der Waals surface area contributed by atoms with Crippen LogP contribution in [0.3, 0.4) is 0 Å². The van der Waals surface area contributed by atoms with Gasteiger partial charge in [-0.05, 0) is 30.9 Å². The normalized spacial score (nSPS) is 11.5. The molecule has 0 radical (unpaired) electrons. The lowest BCUT2D eigenvalue weighted by molar-refractivity contribution is -0.117. The van der Waals surface area contributed by atoms with Gasteiger partial charge in [0.05, 0.1) is 0 Å². The third-order valence-electron chi connectivity index (χ3n) is 3.82. The average Bonchev–Trinajstić information content (AvgIpc) is 2.65. The highest BCUT2D eigenvalue weighted by Crippen LogP contribution is 2.27. The van der Waals surface area contributed by atoms with Crippen molar-refractivity contribution < 1.29 is 9.18 Å². The molecule has 0 saturated carbocycles. The van der Waals surface area contributed by atoms with Gasteiger partial charge in [-0.2, -0.15) is 10.2 Å². The van der Waals surface area contributed by atoms with Gasteiger partial charge < -0.3 is 16.0 Å². The van der Waals surface area contributed by atoms with Gasteiger partial charge in [-0.3, -0.25) is 4.79 Å². The van der Waals surface area contributed by atoms with Crippen LogP contribution in [-0.2, 0) is 11.5 Å². The number of likely N-dealkylation sites (N-methyl/N-ethyl adjacent to an activating group) is 1. The first-order valence-corrected chi connectivity index (χ1v) is 8.94. The van der Waals surface area contributed by atoms with Crippen LogP contribution in [-0.4, -0.2) is 35.2 Å². The number of thioether (sulfide) groups is 1. The van der Waals surface area contributed by atoms with E-state index < -0.39 is 12.7 Å². The van der Waals surface area contributed by atoms with Crippen molar-refractivity contribution >= 4 is 35.1 Å². The van der Waals surface area contributed by atoms with Crippen LogP contribution in [0.2, 0.25) is 0 Å². The molecule has 136 valence electrons. The summed E-state index contributed by atoms with van der Waals surface area (Å²) in [4.78, 5) is 22.3. The van der Waals surface area contributed by atoms with Gasteiger partial charge in [0.1, 0.15) is 29.4 Å². The van der Waals surface area contributed by atoms with Gasteiger partial charge >= 0.3 is 0 Å². The molecule has 2 rings (SSSR count). The van der Waals surface area contributed by atoms with Crippen molar-refractivity contribution in [3.8, 4) is 6.07 Å². The van der Waals surface area contributed by atoms with Crippen molar-refractivity contribution in [2.24, 2.45) is 0 Å². The maximum atomic E-state index is 12.8. The summed E-state index contributed by atoms with van der Waals surface area (Å²) < 4.78 is 12.8. The summed E-state index contributed by atoms with van der Waals surface area (Å²) in [7, 11) is 1.65. The first-order valence-electron chi connectivity index (χ1n) is 7.71. The van der Waals surface area contributed by atoms with Gasteiger partial charge in [-0.15, -0.1) is 11.8 Å². The molecule has 9 heteroatoms. The van der Waals surface area contributed by atoms with Crippen molar-refractivity contribution in [2.45, 2.75) is 24.7 Å². The number of alkyl halides is 1. The van der Waals surface area contributed by atoms with E-state index in [2.05, 4.69) is 21.4 Å². The summed E-state index contributed by atoms with van der Waals surface area (Å²) in [6.45, 7) is 1.06. The Hall–Kier alpha value is -2.86. The molecule has 2 aromatic rings. The van der Waals surface area contributed by atoms with Crippen LogP contribution in [0.5, 0.6) is 0 Å². The lowest BCUT2D eigenvalue weighted by Gasteiger charge is -2.26. The van der Waals surface area contributed by atoms with Crippen LogP contribution in [0.25, 0.3) is 0 Å². The van der Waals surface area contributed by atoms with E-state index in [0.717, 1.165) is 0 Å². The van der Waals surface area contributed by atoms with E-state index >= 15 is 0 Å². The van der Waals surface area contributed by atoms with Gasteiger partial charge in [0.2, 0.25) is 11.9 Å². The van der Waals surface area contributed by atoms with Crippen LogP contribution >= 0.6 is 11.8 Å². The quantitative estimate of drug-likeness (QED) is 0.591. The maximum Gasteiger partial charge on any atom is 0.246 e. The largest absolute Gasteiger partial charge is 0.368 e. The fourth-order valence-corrected chi connectivity index (χ4v) is 2.81. The number of carbonyl (C=O) groups excluding carboxylic acids is 1. The molecule has 1 atom stereocenters. The minimum Gasteiger partial charge on any atom is -0.368 e. The molecule has 1 heterocycles. The summed E-state index contributed by atoms with van der Waals surface area (Å²) in [5.41, 5.74) is 6.95. The minimum absolute atomic E-state index is 0.0263. The Morgan fingerprint density at radius 3 is 2.85 bits per heavy atom. The number of nitrogens with two attached hydrogens (primary N) is 1. The Labute approximate surface area is 155 Å². The van der Waals surface area contributed by atoms with Crippen molar-refractivity contribution in [1.29, 1.82) is 5.26 Å². The summed E-state index contributed by atoms with van der Waals surface area (Å²) in [6.07, 6.45) is 1.78. The Morgan fingerprint density at radius 2 is 2.23 bits per heavy atom. The highest BCUT2D eigenvalue weighted by Gasteiger charge is 2.24. The molecule has 0 saturated heterocycles. The molecule has 0 aliphatic heterocycles. The van der Waals surface area contributed by atoms with E-state index in [1.807, 2.05) is 0 Å². The van der Waals surface area contributed by atoms with E-state index in [1.54, 1.807) is 49.4 Å². The second kappa shape index (κ2) is 8.49. The Balaban J connectivity index is 2.26. The molecule has 0 fully saturated rings. The standard InChI is InChI=1S/C17H19FN6OS/c1-10(15(25)21-12-6-4-5-11(7-12)8-18)24(2)14-13(9-19)16(26-3)23-17(20)22-14/h4-7,10H,8H2,1-3H3,(H,21,25)(H2,20,22,23)/t10-/m0/s1. The lowest BCUT2D eigenvalue weighted by atomic mass is 10.2. The number of hydrogen-bond acceptors (Lipinski definition) is 7. The highest BCUT2D eigenvalue weighted by molar-refractivity contribution is 7.98. The molecule has 0 bridgehead atoms. The number of nitrogens with zero attached hydrogens (tertiary/aromatic N) is 4. The first-order chi connectivity index (χ1) is 12.4. The topological polar surface area (TPSA) is 108 Å². The molecule has 0 unspecified atom stereocenters. The molecule has 0 spiro atoms.